The zero-order valence-corrected chi connectivity index (χ0v) is 12.5. The van der Waals surface area contributed by atoms with Crippen LogP contribution in [0.4, 0.5) is 5.69 Å². The van der Waals surface area contributed by atoms with Crippen LogP contribution < -0.4 is 10.2 Å². The van der Waals surface area contributed by atoms with E-state index in [9.17, 15) is 4.79 Å². The van der Waals surface area contributed by atoms with Gasteiger partial charge in [0, 0.05) is 31.2 Å². The number of hydrogen-bond donors (Lipinski definition) is 1. The van der Waals surface area contributed by atoms with E-state index in [-0.39, 0.29) is 5.91 Å². The quantitative estimate of drug-likeness (QED) is 0.886. The molecule has 0 aliphatic rings. The van der Waals surface area contributed by atoms with Crippen LogP contribution in [-0.4, -0.2) is 24.0 Å². The maximum atomic E-state index is 12.1. The van der Waals surface area contributed by atoms with Gasteiger partial charge < -0.3 is 10.2 Å². The van der Waals surface area contributed by atoms with E-state index in [4.69, 9.17) is 0 Å². The van der Waals surface area contributed by atoms with Crippen molar-refractivity contribution < 1.29 is 4.79 Å². The van der Waals surface area contributed by atoms with Gasteiger partial charge in [-0.2, -0.15) is 0 Å². The van der Waals surface area contributed by atoms with Gasteiger partial charge in [0.25, 0.3) is 0 Å². The smallest absolute Gasteiger partial charge is 0.239 e. The first kappa shape index (κ1) is 15.0. The van der Waals surface area contributed by atoms with E-state index in [1.165, 1.54) is 5.56 Å². The molecule has 1 aromatic heterocycles. The molecule has 4 nitrogen and oxygen atoms in total. The maximum absolute atomic E-state index is 12.1. The highest BCUT2D eigenvalue weighted by molar-refractivity contribution is 5.81. The molecule has 0 atom stereocenters. The first-order chi connectivity index (χ1) is 10.2. The second-order valence-corrected chi connectivity index (χ2v) is 4.99. The van der Waals surface area contributed by atoms with Crippen LogP contribution in [0.1, 0.15) is 18.1 Å². The lowest BCUT2D eigenvalue weighted by Crippen LogP contribution is -2.37. The number of anilines is 1. The summed E-state index contributed by atoms with van der Waals surface area (Å²) in [4.78, 5) is 18.1. The van der Waals surface area contributed by atoms with Gasteiger partial charge in [0.1, 0.15) is 0 Å². The molecule has 1 amide bonds. The van der Waals surface area contributed by atoms with Crippen LogP contribution in [0.5, 0.6) is 0 Å². The first-order valence-electron chi connectivity index (χ1n) is 7.16. The third-order valence-electron chi connectivity index (χ3n) is 3.32. The normalized spacial score (nSPS) is 10.2. The largest absolute Gasteiger partial charge is 0.362 e. The molecule has 1 aromatic carbocycles. The molecule has 0 fully saturated rings. The Morgan fingerprint density at radius 2 is 2.00 bits per heavy atom. The lowest BCUT2D eigenvalue weighted by Gasteiger charge is -2.22. The molecular formula is C17H21N3O. The highest BCUT2D eigenvalue weighted by Gasteiger charge is 2.09. The van der Waals surface area contributed by atoms with Crippen LogP contribution in [0.2, 0.25) is 0 Å². The number of hydrogen-bond acceptors (Lipinski definition) is 3. The highest BCUT2D eigenvalue weighted by atomic mass is 16.2. The Morgan fingerprint density at radius 1 is 1.24 bits per heavy atom. The monoisotopic (exact) mass is 283 g/mol. The third kappa shape index (κ3) is 4.60. The molecule has 21 heavy (non-hydrogen) atoms. The van der Waals surface area contributed by atoms with Crippen molar-refractivity contribution >= 4 is 11.6 Å². The summed E-state index contributed by atoms with van der Waals surface area (Å²) in [6.45, 7) is 5.81. The minimum atomic E-state index is 0.0233. The molecule has 0 aliphatic heterocycles. The number of aromatic nitrogens is 1. The van der Waals surface area contributed by atoms with E-state index in [1.807, 2.05) is 24.3 Å². The van der Waals surface area contributed by atoms with Gasteiger partial charge in [-0.1, -0.05) is 12.1 Å². The van der Waals surface area contributed by atoms with Crippen molar-refractivity contribution in [3.05, 3.63) is 59.9 Å². The predicted octanol–water partition coefficient (Wildman–Crippen LogP) is 2.53. The number of likely N-dealkylation sites (N-methyl/N-ethyl adjacent to an activating group) is 1. The Morgan fingerprint density at radius 3 is 2.67 bits per heavy atom. The second-order valence-electron chi connectivity index (χ2n) is 4.99. The third-order valence-corrected chi connectivity index (χ3v) is 3.32. The van der Waals surface area contributed by atoms with E-state index >= 15 is 0 Å². The van der Waals surface area contributed by atoms with Gasteiger partial charge in [0.05, 0.1) is 6.54 Å². The molecule has 110 valence electrons. The number of benzene rings is 1. The van der Waals surface area contributed by atoms with Crippen molar-refractivity contribution in [2.75, 3.05) is 18.0 Å². The van der Waals surface area contributed by atoms with Crippen molar-refractivity contribution in [3.8, 4) is 0 Å². The Bertz CT molecular complexity index is 584. The fraction of sp³-hybridized carbons (Fsp3) is 0.294. The molecule has 0 bridgehead atoms. The predicted molar refractivity (Wildman–Crippen MR) is 85.1 cm³/mol. The maximum Gasteiger partial charge on any atom is 0.239 e. The standard InChI is InChI=1S/C17H21N3O/c1-3-20(16-6-4-5-14(2)11-16)13-17(21)19-12-15-7-9-18-10-8-15/h4-11H,3,12-13H2,1-2H3,(H,19,21). The summed E-state index contributed by atoms with van der Waals surface area (Å²) >= 11 is 0. The second kappa shape index (κ2) is 7.43. The molecule has 0 saturated carbocycles. The van der Waals surface area contributed by atoms with Gasteiger partial charge in [-0.05, 0) is 49.2 Å². The van der Waals surface area contributed by atoms with Gasteiger partial charge in [-0.3, -0.25) is 9.78 Å². The van der Waals surface area contributed by atoms with Crippen molar-refractivity contribution in [3.63, 3.8) is 0 Å². The molecule has 2 rings (SSSR count). The van der Waals surface area contributed by atoms with Gasteiger partial charge in [0.2, 0.25) is 5.91 Å². The molecule has 0 radical (unpaired) electrons. The van der Waals surface area contributed by atoms with E-state index in [2.05, 4.69) is 41.2 Å². The minimum absolute atomic E-state index is 0.0233. The zero-order valence-electron chi connectivity index (χ0n) is 12.5. The van der Waals surface area contributed by atoms with E-state index in [0.717, 1.165) is 17.8 Å². The number of amides is 1. The summed E-state index contributed by atoms with van der Waals surface area (Å²) in [6, 6.07) is 12.0. The molecule has 4 heteroatoms. The summed E-state index contributed by atoms with van der Waals surface area (Å²) < 4.78 is 0. The zero-order chi connectivity index (χ0) is 15.1. The number of nitrogens with zero attached hydrogens (tertiary/aromatic N) is 2. The number of nitrogens with one attached hydrogen (secondary N) is 1. The van der Waals surface area contributed by atoms with Gasteiger partial charge in [-0.25, -0.2) is 0 Å². The van der Waals surface area contributed by atoms with Gasteiger partial charge >= 0.3 is 0 Å². The summed E-state index contributed by atoms with van der Waals surface area (Å²) in [5.74, 6) is 0.0233. The highest BCUT2D eigenvalue weighted by Crippen LogP contribution is 2.15. The minimum Gasteiger partial charge on any atom is -0.362 e. The number of aryl methyl sites for hydroxylation is 1. The van der Waals surface area contributed by atoms with Crippen LogP contribution in [0.25, 0.3) is 0 Å². The van der Waals surface area contributed by atoms with Gasteiger partial charge in [0.15, 0.2) is 0 Å². The van der Waals surface area contributed by atoms with Gasteiger partial charge in [-0.15, -0.1) is 0 Å². The van der Waals surface area contributed by atoms with Crippen LogP contribution in [0.3, 0.4) is 0 Å². The van der Waals surface area contributed by atoms with Crippen LogP contribution in [0.15, 0.2) is 48.8 Å². The molecule has 0 saturated heterocycles. The molecular weight excluding hydrogens is 262 g/mol. The summed E-state index contributed by atoms with van der Waals surface area (Å²) in [7, 11) is 0. The fourth-order valence-electron chi connectivity index (χ4n) is 2.14. The Balaban J connectivity index is 1.91. The van der Waals surface area contributed by atoms with Crippen molar-refractivity contribution in [1.29, 1.82) is 0 Å². The number of carbonyl (C=O) groups is 1. The fourth-order valence-corrected chi connectivity index (χ4v) is 2.14. The average Bonchev–Trinajstić information content (AvgIpc) is 2.51. The molecule has 0 aliphatic carbocycles. The number of carbonyl (C=O) groups excluding carboxylic acids is 1. The SMILES string of the molecule is CCN(CC(=O)NCc1ccncc1)c1cccc(C)c1. The molecule has 1 heterocycles. The lowest BCUT2D eigenvalue weighted by atomic mass is 10.2. The topological polar surface area (TPSA) is 45.2 Å². The Labute approximate surface area is 125 Å². The van der Waals surface area contributed by atoms with E-state index in [0.29, 0.717) is 13.1 Å². The number of pyridine rings is 1. The summed E-state index contributed by atoms with van der Waals surface area (Å²) in [5, 5.41) is 2.94. The van der Waals surface area contributed by atoms with Crippen molar-refractivity contribution in [1.82, 2.24) is 10.3 Å². The van der Waals surface area contributed by atoms with Crippen LogP contribution in [-0.2, 0) is 11.3 Å². The summed E-state index contributed by atoms with van der Waals surface area (Å²) in [5.41, 5.74) is 3.33. The summed E-state index contributed by atoms with van der Waals surface area (Å²) in [6.07, 6.45) is 3.46. The number of rotatable bonds is 6. The molecule has 1 N–H and O–H groups in total. The van der Waals surface area contributed by atoms with Crippen molar-refractivity contribution in [2.24, 2.45) is 0 Å². The van der Waals surface area contributed by atoms with Crippen molar-refractivity contribution in [2.45, 2.75) is 20.4 Å². The molecule has 0 spiro atoms. The average molecular weight is 283 g/mol. The molecule has 2 aromatic rings. The Kier molecular flexibility index (Phi) is 5.32. The van der Waals surface area contributed by atoms with Crippen LogP contribution >= 0.6 is 0 Å². The lowest BCUT2D eigenvalue weighted by molar-refractivity contribution is -0.119. The van der Waals surface area contributed by atoms with E-state index < -0.39 is 0 Å². The first-order valence-corrected chi connectivity index (χ1v) is 7.16. The molecule has 0 unspecified atom stereocenters. The van der Waals surface area contributed by atoms with Crippen LogP contribution in [0, 0.1) is 6.92 Å². The van der Waals surface area contributed by atoms with E-state index in [1.54, 1.807) is 12.4 Å². The Hall–Kier alpha value is -2.36.